The van der Waals surface area contributed by atoms with Crippen LogP contribution in [0.4, 0.5) is 0 Å². The Bertz CT molecular complexity index is 531. The van der Waals surface area contributed by atoms with Crippen molar-refractivity contribution in [2.75, 3.05) is 20.3 Å². The average molecular weight is 341 g/mol. The van der Waals surface area contributed by atoms with Gasteiger partial charge in [0.15, 0.2) is 17.3 Å². The summed E-state index contributed by atoms with van der Waals surface area (Å²) in [5.41, 5.74) is 0.377. The van der Waals surface area contributed by atoms with E-state index >= 15 is 0 Å². The van der Waals surface area contributed by atoms with E-state index in [4.69, 9.17) is 14.2 Å². The Morgan fingerprint density at radius 3 is 2.50 bits per heavy atom. The van der Waals surface area contributed by atoms with E-state index in [9.17, 15) is 4.79 Å². The summed E-state index contributed by atoms with van der Waals surface area (Å²) >= 11 is 3.45. The fourth-order valence-corrected chi connectivity index (χ4v) is 3.23. The Morgan fingerprint density at radius 1 is 1.30 bits per heavy atom. The summed E-state index contributed by atoms with van der Waals surface area (Å²) in [5.74, 6) is 1.41. The van der Waals surface area contributed by atoms with Crippen LogP contribution in [0.1, 0.15) is 36.0 Å². The molecule has 20 heavy (non-hydrogen) atoms. The third-order valence-electron chi connectivity index (χ3n) is 4.11. The third-order valence-corrected chi connectivity index (χ3v) is 4.77. The number of ether oxygens (including phenoxy) is 3. The molecule has 0 unspecified atom stereocenters. The van der Waals surface area contributed by atoms with Crippen molar-refractivity contribution in [1.82, 2.24) is 0 Å². The normalized spacial score (nSPS) is 19.3. The summed E-state index contributed by atoms with van der Waals surface area (Å²) < 4.78 is 17.3. The number of ketones is 1. The third kappa shape index (κ3) is 2.44. The first-order valence-electron chi connectivity index (χ1n) is 6.81. The highest BCUT2D eigenvalue weighted by atomic mass is 79.9. The van der Waals surface area contributed by atoms with Crippen LogP contribution >= 0.6 is 15.9 Å². The molecule has 0 saturated heterocycles. The van der Waals surface area contributed by atoms with Gasteiger partial charge in [0.05, 0.1) is 5.60 Å². The van der Waals surface area contributed by atoms with Gasteiger partial charge in [-0.2, -0.15) is 0 Å². The summed E-state index contributed by atoms with van der Waals surface area (Å²) in [4.78, 5) is 12.5. The van der Waals surface area contributed by atoms with E-state index in [-0.39, 0.29) is 11.4 Å². The Labute approximate surface area is 126 Å². The molecule has 3 rings (SSSR count). The van der Waals surface area contributed by atoms with Crippen molar-refractivity contribution in [2.24, 2.45) is 0 Å². The lowest BCUT2D eigenvalue weighted by atomic mass is 9.76. The fraction of sp³-hybridized carbons (Fsp3) is 0.533. The molecular weight excluding hydrogens is 324 g/mol. The minimum atomic E-state index is -0.260. The molecule has 0 radical (unpaired) electrons. The lowest BCUT2D eigenvalue weighted by molar-refractivity contribution is -0.0705. The van der Waals surface area contributed by atoms with Crippen molar-refractivity contribution in [3.63, 3.8) is 0 Å². The van der Waals surface area contributed by atoms with Crippen LogP contribution in [0.5, 0.6) is 11.5 Å². The van der Waals surface area contributed by atoms with E-state index in [1.54, 1.807) is 13.2 Å². The molecule has 1 saturated carbocycles. The molecule has 1 aromatic rings. The molecule has 0 amide bonds. The second-order valence-corrected chi connectivity index (χ2v) is 6.17. The summed E-state index contributed by atoms with van der Waals surface area (Å²) in [6.45, 7) is 1.06. The molecule has 1 aromatic carbocycles. The van der Waals surface area contributed by atoms with Crippen molar-refractivity contribution in [3.05, 3.63) is 22.2 Å². The van der Waals surface area contributed by atoms with Gasteiger partial charge in [-0.1, -0.05) is 0 Å². The first-order valence-corrected chi connectivity index (χ1v) is 7.60. The van der Waals surface area contributed by atoms with Crippen molar-refractivity contribution in [1.29, 1.82) is 0 Å². The Kier molecular flexibility index (Phi) is 3.73. The molecule has 0 atom stereocenters. The highest BCUT2D eigenvalue weighted by Crippen LogP contribution is 2.41. The lowest BCUT2D eigenvalue weighted by Gasteiger charge is -2.40. The number of rotatable bonds is 4. The van der Waals surface area contributed by atoms with Crippen molar-refractivity contribution < 1.29 is 19.0 Å². The maximum atomic E-state index is 12.5. The number of methoxy groups -OCH3 is 1. The number of Topliss-reactive ketones (excluding diaryl/α,β-unsaturated/α-hetero) is 1. The maximum absolute atomic E-state index is 12.5. The lowest BCUT2D eigenvalue weighted by Crippen LogP contribution is -2.41. The standard InChI is InChI=1S/C15H17BrO4/c1-18-15(3-2-4-15)9-12(17)10-7-13-14(8-11(10)16)20-6-5-19-13/h7-8H,2-6,9H2,1H3. The highest BCUT2D eigenvalue weighted by molar-refractivity contribution is 9.10. The predicted molar refractivity (Wildman–Crippen MR) is 77.7 cm³/mol. The summed E-state index contributed by atoms with van der Waals surface area (Å²) in [6.07, 6.45) is 3.46. The van der Waals surface area contributed by atoms with E-state index in [1.165, 1.54) is 0 Å². The van der Waals surface area contributed by atoms with Crippen LogP contribution in [-0.4, -0.2) is 31.7 Å². The van der Waals surface area contributed by atoms with Crippen LogP contribution in [0.25, 0.3) is 0 Å². The van der Waals surface area contributed by atoms with Crippen LogP contribution in [0, 0.1) is 0 Å². The number of benzene rings is 1. The zero-order chi connectivity index (χ0) is 14.2. The van der Waals surface area contributed by atoms with E-state index in [0.717, 1.165) is 23.7 Å². The van der Waals surface area contributed by atoms with Crippen molar-refractivity contribution in [3.8, 4) is 11.5 Å². The smallest absolute Gasteiger partial charge is 0.167 e. The average Bonchev–Trinajstić information content (AvgIpc) is 2.42. The number of carbonyl (C=O) groups is 1. The zero-order valence-corrected chi connectivity index (χ0v) is 13.0. The van der Waals surface area contributed by atoms with Crippen LogP contribution in [0.3, 0.4) is 0 Å². The van der Waals surface area contributed by atoms with Gasteiger partial charge in [-0.25, -0.2) is 0 Å². The van der Waals surface area contributed by atoms with Crippen LogP contribution < -0.4 is 9.47 Å². The number of hydrogen-bond acceptors (Lipinski definition) is 4. The van der Waals surface area contributed by atoms with Crippen LogP contribution in [-0.2, 0) is 4.74 Å². The molecule has 4 nitrogen and oxygen atoms in total. The van der Waals surface area contributed by atoms with Gasteiger partial charge in [0, 0.05) is 23.6 Å². The molecule has 1 fully saturated rings. The quantitative estimate of drug-likeness (QED) is 0.788. The fourth-order valence-electron chi connectivity index (χ4n) is 2.69. The van der Waals surface area contributed by atoms with Gasteiger partial charge in [-0.05, 0) is 47.3 Å². The molecule has 1 heterocycles. The van der Waals surface area contributed by atoms with Gasteiger partial charge >= 0.3 is 0 Å². The highest BCUT2D eigenvalue weighted by Gasteiger charge is 2.39. The SMILES string of the molecule is COC1(CC(=O)c2cc3c(cc2Br)OCCO3)CCC1. The molecule has 5 heteroatoms. The molecule has 1 aliphatic carbocycles. The van der Waals surface area contributed by atoms with Gasteiger partial charge < -0.3 is 14.2 Å². The molecule has 2 aliphatic rings. The second-order valence-electron chi connectivity index (χ2n) is 5.32. The molecular formula is C15H17BrO4. The van der Waals surface area contributed by atoms with Gasteiger partial charge in [-0.15, -0.1) is 0 Å². The van der Waals surface area contributed by atoms with Gasteiger partial charge in [0.2, 0.25) is 0 Å². The Morgan fingerprint density at radius 2 is 1.95 bits per heavy atom. The first-order chi connectivity index (χ1) is 9.63. The number of hydrogen-bond donors (Lipinski definition) is 0. The summed E-state index contributed by atoms with van der Waals surface area (Å²) in [6, 6.07) is 3.57. The van der Waals surface area contributed by atoms with E-state index in [0.29, 0.717) is 36.7 Å². The summed E-state index contributed by atoms with van der Waals surface area (Å²) in [7, 11) is 1.69. The van der Waals surface area contributed by atoms with Gasteiger partial charge in [-0.3, -0.25) is 4.79 Å². The first kappa shape index (κ1) is 13.9. The predicted octanol–water partition coefficient (Wildman–Crippen LogP) is 3.36. The van der Waals surface area contributed by atoms with Crippen LogP contribution in [0.2, 0.25) is 0 Å². The van der Waals surface area contributed by atoms with Gasteiger partial charge in [0.1, 0.15) is 13.2 Å². The van der Waals surface area contributed by atoms with E-state index in [1.807, 2.05) is 6.07 Å². The number of halogens is 1. The second kappa shape index (κ2) is 5.37. The summed E-state index contributed by atoms with van der Waals surface area (Å²) in [5, 5.41) is 0. The van der Waals surface area contributed by atoms with Crippen LogP contribution in [0.15, 0.2) is 16.6 Å². The molecule has 1 aliphatic heterocycles. The van der Waals surface area contributed by atoms with E-state index in [2.05, 4.69) is 15.9 Å². The van der Waals surface area contributed by atoms with Crippen molar-refractivity contribution in [2.45, 2.75) is 31.3 Å². The minimum Gasteiger partial charge on any atom is -0.486 e. The van der Waals surface area contributed by atoms with Gasteiger partial charge in [0.25, 0.3) is 0 Å². The number of carbonyl (C=O) groups excluding carboxylic acids is 1. The monoisotopic (exact) mass is 340 g/mol. The largest absolute Gasteiger partial charge is 0.486 e. The molecule has 0 N–H and O–H groups in total. The Hall–Kier alpha value is -1.07. The molecule has 0 bridgehead atoms. The Balaban J connectivity index is 1.84. The zero-order valence-electron chi connectivity index (χ0n) is 11.4. The molecule has 108 valence electrons. The topological polar surface area (TPSA) is 44.8 Å². The molecule has 0 aromatic heterocycles. The van der Waals surface area contributed by atoms with Crippen molar-refractivity contribution >= 4 is 21.7 Å². The number of fused-ring (bicyclic) bond motifs is 1. The molecule has 0 spiro atoms. The minimum absolute atomic E-state index is 0.0791. The van der Waals surface area contributed by atoms with E-state index < -0.39 is 0 Å². The maximum Gasteiger partial charge on any atom is 0.167 e.